The number of ether oxygens (including phenoxy) is 1. The summed E-state index contributed by atoms with van der Waals surface area (Å²) in [5.41, 5.74) is -0.308. The Morgan fingerprint density at radius 1 is 1.21 bits per heavy atom. The molecule has 3 amide bonds. The minimum atomic E-state index is -1.42. The molecule has 0 spiro atoms. The fourth-order valence-electron chi connectivity index (χ4n) is 6.65. The van der Waals surface area contributed by atoms with E-state index in [0.29, 0.717) is 52.1 Å². The first-order valence-corrected chi connectivity index (χ1v) is 17.3. The van der Waals surface area contributed by atoms with Gasteiger partial charge in [-0.2, -0.15) is 4.98 Å². The molecule has 47 heavy (non-hydrogen) atoms. The molecule has 3 aromatic rings. The number of nitrogens with zero attached hydrogens (tertiary/aromatic N) is 4. The van der Waals surface area contributed by atoms with Gasteiger partial charge in [0.25, 0.3) is 0 Å². The molecule has 0 unspecified atom stereocenters. The molecular formula is C33H38N6O7S. The lowest BCUT2D eigenvalue weighted by Crippen LogP contribution is -2.56. The number of hydrogen-bond donors (Lipinski definition) is 3. The highest BCUT2D eigenvalue weighted by molar-refractivity contribution is 7.17. The number of carboxylic acids is 1. The van der Waals surface area contributed by atoms with Gasteiger partial charge in [0.2, 0.25) is 23.6 Å². The highest BCUT2D eigenvalue weighted by Gasteiger charge is 2.61. The predicted molar refractivity (Wildman–Crippen MR) is 170 cm³/mol. The van der Waals surface area contributed by atoms with Crippen LogP contribution in [0.1, 0.15) is 70.0 Å². The first-order valence-electron chi connectivity index (χ1n) is 16.4. The number of carboxylic acid groups (broad SMARTS) is 1. The summed E-state index contributed by atoms with van der Waals surface area (Å²) in [4.78, 5) is 64.2. The van der Waals surface area contributed by atoms with Crippen LogP contribution in [0.2, 0.25) is 0 Å². The Morgan fingerprint density at radius 3 is 2.83 bits per heavy atom. The molecule has 2 saturated carbocycles. The zero-order chi connectivity index (χ0) is 32.7. The van der Waals surface area contributed by atoms with Crippen molar-refractivity contribution >= 4 is 45.2 Å². The van der Waals surface area contributed by atoms with Crippen molar-refractivity contribution < 1.29 is 33.5 Å². The molecule has 0 aromatic carbocycles. The molecule has 2 aliphatic heterocycles. The number of aromatic nitrogens is 3. The fourth-order valence-corrected chi connectivity index (χ4v) is 7.41. The molecule has 5 heterocycles. The topological polar surface area (TPSA) is 177 Å². The zero-order valence-corrected chi connectivity index (χ0v) is 27.0. The summed E-state index contributed by atoms with van der Waals surface area (Å²) in [5.74, 6) is -0.938. The highest BCUT2D eigenvalue weighted by Crippen LogP contribution is 2.45. The van der Waals surface area contributed by atoms with Crippen molar-refractivity contribution in [2.24, 2.45) is 11.8 Å². The molecule has 2 aliphatic carbocycles. The number of allylic oxidation sites excluding steroid dienone is 1. The maximum Gasteiger partial charge on any atom is 0.330 e. The van der Waals surface area contributed by atoms with Crippen LogP contribution in [0.5, 0.6) is 5.88 Å². The van der Waals surface area contributed by atoms with Crippen LogP contribution in [0.3, 0.4) is 0 Å². The normalized spacial score (nSPS) is 28.1. The van der Waals surface area contributed by atoms with E-state index in [0.717, 1.165) is 38.5 Å². The lowest BCUT2D eigenvalue weighted by molar-refractivity contribution is -0.146. The third-order valence-corrected chi connectivity index (χ3v) is 10.4. The van der Waals surface area contributed by atoms with Crippen LogP contribution in [0.4, 0.5) is 0 Å². The number of nitrogens with one attached hydrogen (secondary N) is 2. The monoisotopic (exact) mass is 662 g/mol. The molecule has 0 bridgehead atoms. The molecule has 5 atom stereocenters. The zero-order valence-electron chi connectivity index (χ0n) is 26.1. The second-order valence-electron chi connectivity index (χ2n) is 13.2. The van der Waals surface area contributed by atoms with Crippen LogP contribution in [-0.2, 0) is 19.2 Å². The number of carbonyl (C=O) groups excluding carboxylic acids is 3. The van der Waals surface area contributed by atoms with E-state index in [9.17, 15) is 24.3 Å². The first kappa shape index (κ1) is 31.3. The van der Waals surface area contributed by atoms with E-state index >= 15 is 0 Å². The van der Waals surface area contributed by atoms with Gasteiger partial charge in [-0.25, -0.2) is 9.78 Å². The van der Waals surface area contributed by atoms with Crippen LogP contribution in [0.25, 0.3) is 21.7 Å². The summed E-state index contributed by atoms with van der Waals surface area (Å²) in [6.45, 7) is 1.83. The molecule has 14 heteroatoms. The van der Waals surface area contributed by atoms with Gasteiger partial charge in [0.1, 0.15) is 34.2 Å². The van der Waals surface area contributed by atoms with Crippen LogP contribution in [0, 0.1) is 18.8 Å². The lowest BCUT2D eigenvalue weighted by atomic mass is 10.0. The van der Waals surface area contributed by atoms with E-state index in [1.807, 2.05) is 23.6 Å². The molecule has 3 fully saturated rings. The molecule has 4 aliphatic rings. The number of hydrogen-bond acceptors (Lipinski definition) is 10. The second kappa shape index (κ2) is 12.7. The molecule has 13 nitrogen and oxygen atoms in total. The van der Waals surface area contributed by atoms with Gasteiger partial charge in [-0.3, -0.25) is 14.4 Å². The van der Waals surface area contributed by atoms with Crippen molar-refractivity contribution in [1.29, 1.82) is 0 Å². The van der Waals surface area contributed by atoms with Crippen molar-refractivity contribution in [1.82, 2.24) is 30.7 Å². The third-order valence-electron chi connectivity index (χ3n) is 9.54. The smallest absolute Gasteiger partial charge is 0.330 e. The summed E-state index contributed by atoms with van der Waals surface area (Å²) >= 11 is 1.41. The van der Waals surface area contributed by atoms with Crippen molar-refractivity contribution in [3.05, 3.63) is 35.4 Å². The average molecular weight is 663 g/mol. The number of rotatable bonds is 7. The van der Waals surface area contributed by atoms with Gasteiger partial charge >= 0.3 is 5.97 Å². The third kappa shape index (κ3) is 6.60. The van der Waals surface area contributed by atoms with E-state index in [4.69, 9.17) is 9.26 Å². The number of aliphatic carboxylic acids is 1. The number of fused-ring (bicyclic) bond motifs is 3. The molecule has 1 saturated heterocycles. The van der Waals surface area contributed by atoms with Crippen molar-refractivity contribution in [3.63, 3.8) is 0 Å². The highest BCUT2D eigenvalue weighted by atomic mass is 32.1. The van der Waals surface area contributed by atoms with Crippen molar-refractivity contribution in [2.45, 2.75) is 94.9 Å². The average Bonchev–Trinajstić information content (AvgIpc) is 3.76. The Labute approximate surface area is 275 Å². The number of carbonyl (C=O) groups is 4. The van der Waals surface area contributed by atoms with E-state index in [1.165, 1.54) is 16.2 Å². The summed E-state index contributed by atoms with van der Waals surface area (Å²) in [6.07, 6.45) is 9.70. The van der Waals surface area contributed by atoms with Gasteiger partial charge in [0.05, 0.1) is 12.1 Å². The molecular weight excluding hydrogens is 624 g/mol. The Kier molecular flexibility index (Phi) is 8.45. The molecule has 0 radical (unpaired) electrons. The molecule has 3 N–H and O–H groups in total. The second-order valence-corrected chi connectivity index (χ2v) is 14.1. The van der Waals surface area contributed by atoms with Gasteiger partial charge < -0.3 is 29.9 Å². The largest absolute Gasteiger partial charge is 0.479 e. The number of amides is 3. The summed E-state index contributed by atoms with van der Waals surface area (Å²) in [7, 11) is 0. The predicted octanol–water partition coefficient (Wildman–Crippen LogP) is 3.77. The molecule has 248 valence electrons. The van der Waals surface area contributed by atoms with Crippen LogP contribution < -0.4 is 15.4 Å². The van der Waals surface area contributed by atoms with Gasteiger partial charge in [-0.15, -0.1) is 11.3 Å². The summed E-state index contributed by atoms with van der Waals surface area (Å²) < 4.78 is 12.4. The van der Waals surface area contributed by atoms with E-state index in [2.05, 4.69) is 25.8 Å². The lowest BCUT2D eigenvalue weighted by Gasteiger charge is -2.29. The Morgan fingerprint density at radius 2 is 2.06 bits per heavy atom. The number of thiophene rings is 1. The van der Waals surface area contributed by atoms with Gasteiger partial charge in [-0.1, -0.05) is 30.2 Å². The van der Waals surface area contributed by atoms with E-state index < -0.39 is 35.6 Å². The number of aryl methyl sites for hydroxylation is 1. The quantitative estimate of drug-likeness (QED) is 0.316. The SMILES string of the molecule is Cc1cc(-c2nc(O[C@@H]3C[C@H]4C(=O)N[C@]5(C(=O)O)C[C@H]5C=CCCCCC[C@H](NC(=O)CC5CC5)C(=O)N4C3)c3sccc3n2)no1. The molecule has 3 aromatic heterocycles. The summed E-state index contributed by atoms with van der Waals surface area (Å²) in [6, 6.07) is 1.77. The Hall–Kier alpha value is -4.33. The van der Waals surface area contributed by atoms with E-state index in [-0.39, 0.29) is 37.1 Å². The van der Waals surface area contributed by atoms with Gasteiger partial charge in [-0.05, 0) is 62.8 Å². The Bertz CT molecular complexity index is 1730. The van der Waals surface area contributed by atoms with Gasteiger partial charge in [0, 0.05) is 24.8 Å². The standard InChI is InChI=1S/C33H38N6O7S/c1-18-13-24(38-46-18)28-35-22-11-12-47-27(22)30(36-28)45-21-15-25-29(41)37-33(32(43)44)16-20(33)7-5-3-2-4-6-8-23(31(42)39(25)17-21)34-26(40)14-19-9-10-19/h5,7,11-13,19-21,23,25H,2-4,6,8-10,14-17H2,1H3,(H,34,40)(H,37,41)(H,43,44)/t20-,21-,23+,25+,33-/m1/s1. The van der Waals surface area contributed by atoms with Crippen molar-refractivity contribution in [2.75, 3.05) is 6.54 Å². The van der Waals surface area contributed by atoms with E-state index in [1.54, 1.807) is 13.0 Å². The summed E-state index contributed by atoms with van der Waals surface area (Å²) in [5, 5.41) is 21.8. The van der Waals surface area contributed by atoms with Crippen molar-refractivity contribution in [3.8, 4) is 17.4 Å². The van der Waals surface area contributed by atoms with Gasteiger partial charge in [0.15, 0.2) is 11.5 Å². The van der Waals surface area contributed by atoms with Crippen LogP contribution in [-0.4, -0.2) is 79.1 Å². The van der Waals surface area contributed by atoms with Crippen LogP contribution in [0.15, 0.2) is 34.2 Å². The Balaban J connectivity index is 1.18. The molecule has 7 rings (SSSR count). The maximum absolute atomic E-state index is 14.3. The minimum Gasteiger partial charge on any atom is -0.479 e. The first-order chi connectivity index (χ1) is 22.7. The fraction of sp³-hybridized carbons (Fsp3) is 0.545. The maximum atomic E-state index is 14.3. The minimum absolute atomic E-state index is 0.0601. The van der Waals surface area contributed by atoms with Crippen LogP contribution >= 0.6 is 11.3 Å².